The average molecular weight is 499 g/mol. The smallest absolute Gasteiger partial charge is 0.141 e. The van der Waals surface area contributed by atoms with Crippen LogP contribution in [0.3, 0.4) is 0 Å². The predicted octanol–water partition coefficient (Wildman–Crippen LogP) is 6.77. The lowest BCUT2D eigenvalue weighted by atomic mass is 10.0. The van der Waals surface area contributed by atoms with E-state index in [0.29, 0.717) is 39.2 Å². The Labute approximate surface area is 210 Å². The quantitative estimate of drug-likeness (QED) is 0.268. The van der Waals surface area contributed by atoms with E-state index in [-0.39, 0.29) is 10.8 Å². The molecule has 2 heterocycles. The first kappa shape index (κ1) is 23.1. The minimum absolute atomic E-state index is 0.0359. The Morgan fingerprint density at radius 3 is 2.53 bits per heavy atom. The van der Waals surface area contributed by atoms with Crippen LogP contribution in [0.15, 0.2) is 85.5 Å². The van der Waals surface area contributed by atoms with Crippen LogP contribution < -0.4 is 10.6 Å². The maximum absolute atomic E-state index is 13.7. The van der Waals surface area contributed by atoms with Crippen LogP contribution in [0.25, 0.3) is 10.9 Å². The van der Waals surface area contributed by atoms with Crippen LogP contribution >= 0.6 is 11.6 Å². The number of fused-ring (bicyclic) bond motifs is 1. The van der Waals surface area contributed by atoms with Crippen molar-refractivity contribution in [1.82, 2.24) is 15.0 Å². The SMILES string of the molecule is N#Cc1cnc2c(NC(c3ccc(F)cc3)c3ccncn3)cccc2c1Nc1ccc(F)c(Cl)c1. The van der Waals surface area contributed by atoms with Crippen molar-refractivity contribution < 1.29 is 8.78 Å². The third kappa shape index (κ3) is 4.65. The van der Waals surface area contributed by atoms with Crippen molar-refractivity contribution in [3.05, 3.63) is 119 Å². The van der Waals surface area contributed by atoms with Crippen molar-refractivity contribution in [2.24, 2.45) is 0 Å². The van der Waals surface area contributed by atoms with Crippen molar-refractivity contribution in [1.29, 1.82) is 5.26 Å². The molecule has 0 spiro atoms. The molecular weight excluding hydrogens is 482 g/mol. The summed E-state index contributed by atoms with van der Waals surface area (Å²) < 4.78 is 27.3. The number of pyridine rings is 1. The third-order valence-electron chi connectivity index (χ3n) is 5.61. The van der Waals surface area contributed by atoms with E-state index in [1.807, 2.05) is 18.2 Å². The van der Waals surface area contributed by atoms with Crippen LogP contribution in [0, 0.1) is 23.0 Å². The minimum atomic E-state index is -0.537. The van der Waals surface area contributed by atoms with Crippen LogP contribution in [0.5, 0.6) is 0 Å². The van der Waals surface area contributed by atoms with Crippen molar-refractivity contribution in [2.75, 3.05) is 10.6 Å². The fourth-order valence-corrected chi connectivity index (χ4v) is 4.07. The second-order valence-corrected chi connectivity index (χ2v) is 8.28. The molecule has 0 amide bonds. The number of benzene rings is 3. The van der Waals surface area contributed by atoms with Gasteiger partial charge in [-0.15, -0.1) is 0 Å². The summed E-state index contributed by atoms with van der Waals surface area (Å²) in [4.78, 5) is 12.9. The highest BCUT2D eigenvalue weighted by atomic mass is 35.5. The van der Waals surface area contributed by atoms with Crippen molar-refractivity contribution in [3.63, 3.8) is 0 Å². The molecule has 6 nitrogen and oxygen atoms in total. The lowest BCUT2D eigenvalue weighted by Crippen LogP contribution is -2.14. The van der Waals surface area contributed by atoms with Crippen molar-refractivity contribution in [2.45, 2.75) is 6.04 Å². The van der Waals surface area contributed by atoms with E-state index in [4.69, 9.17) is 11.6 Å². The summed E-state index contributed by atoms with van der Waals surface area (Å²) in [6, 6.07) is 19.4. The van der Waals surface area contributed by atoms with Crippen LogP contribution in [0.2, 0.25) is 5.02 Å². The Morgan fingerprint density at radius 1 is 0.972 bits per heavy atom. The number of anilines is 3. The topological polar surface area (TPSA) is 86.5 Å². The fraction of sp³-hybridized carbons (Fsp3) is 0.0370. The lowest BCUT2D eigenvalue weighted by Gasteiger charge is -2.21. The predicted molar refractivity (Wildman–Crippen MR) is 135 cm³/mol. The minimum Gasteiger partial charge on any atom is -0.371 e. The van der Waals surface area contributed by atoms with Gasteiger partial charge >= 0.3 is 0 Å². The Balaban J connectivity index is 1.60. The Kier molecular flexibility index (Phi) is 6.39. The van der Waals surface area contributed by atoms with Gasteiger partial charge in [-0.1, -0.05) is 35.9 Å². The van der Waals surface area contributed by atoms with E-state index in [0.717, 1.165) is 5.56 Å². The number of rotatable bonds is 6. The summed E-state index contributed by atoms with van der Waals surface area (Å²) in [5, 5.41) is 17.0. The zero-order valence-corrected chi connectivity index (χ0v) is 19.3. The fourth-order valence-electron chi connectivity index (χ4n) is 3.89. The van der Waals surface area contributed by atoms with Gasteiger partial charge < -0.3 is 10.6 Å². The highest BCUT2D eigenvalue weighted by Crippen LogP contribution is 2.35. The second kappa shape index (κ2) is 9.94. The van der Waals surface area contributed by atoms with Crippen LogP contribution in [-0.2, 0) is 0 Å². The number of nitrogens with zero attached hydrogens (tertiary/aromatic N) is 4. The molecule has 5 aromatic rings. The first-order valence-corrected chi connectivity index (χ1v) is 11.2. The number of hydrogen-bond acceptors (Lipinski definition) is 6. The van der Waals surface area contributed by atoms with E-state index in [2.05, 4.69) is 31.7 Å². The highest BCUT2D eigenvalue weighted by molar-refractivity contribution is 6.31. The molecule has 0 saturated heterocycles. The van der Waals surface area contributed by atoms with Crippen LogP contribution in [0.4, 0.5) is 25.8 Å². The molecule has 5 rings (SSSR count). The van der Waals surface area contributed by atoms with Gasteiger partial charge in [-0.2, -0.15) is 5.26 Å². The maximum Gasteiger partial charge on any atom is 0.141 e. The summed E-state index contributed by atoms with van der Waals surface area (Å²) in [7, 11) is 0. The van der Waals surface area contributed by atoms with E-state index in [9.17, 15) is 14.0 Å². The summed E-state index contributed by atoms with van der Waals surface area (Å²) in [6.45, 7) is 0. The summed E-state index contributed by atoms with van der Waals surface area (Å²) in [5.74, 6) is -0.877. The molecule has 0 bridgehead atoms. The summed E-state index contributed by atoms with van der Waals surface area (Å²) in [5.41, 5.74) is 4.08. The number of halogens is 3. The molecule has 0 radical (unpaired) electrons. The zero-order chi connectivity index (χ0) is 25.1. The number of para-hydroxylation sites is 1. The first-order chi connectivity index (χ1) is 17.5. The first-order valence-electron chi connectivity index (χ1n) is 10.9. The average Bonchev–Trinajstić information content (AvgIpc) is 2.91. The molecule has 9 heteroatoms. The lowest BCUT2D eigenvalue weighted by molar-refractivity contribution is 0.626. The number of nitrogens with one attached hydrogen (secondary N) is 2. The van der Waals surface area contributed by atoms with Gasteiger partial charge in [0, 0.05) is 23.5 Å². The molecule has 0 fully saturated rings. The van der Waals surface area contributed by atoms with Gasteiger partial charge in [0.1, 0.15) is 24.0 Å². The summed E-state index contributed by atoms with van der Waals surface area (Å²) >= 11 is 5.94. The molecule has 1 unspecified atom stereocenters. The van der Waals surface area contributed by atoms with Gasteiger partial charge in [-0.3, -0.25) is 4.98 Å². The Bertz CT molecular complexity index is 1590. The van der Waals surface area contributed by atoms with Gasteiger partial charge in [0.25, 0.3) is 0 Å². The number of aromatic nitrogens is 3. The van der Waals surface area contributed by atoms with E-state index in [1.165, 1.54) is 42.9 Å². The van der Waals surface area contributed by atoms with Gasteiger partial charge in [-0.25, -0.2) is 18.7 Å². The molecule has 2 N–H and O–H groups in total. The van der Waals surface area contributed by atoms with Crippen molar-refractivity contribution in [3.8, 4) is 6.07 Å². The molecule has 0 aliphatic heterocycles. The van der Waals surface area contributed by atoms with Gasteiger partial charge in [0.15, 0.2) is 0 Å². The third-order valence-corrected chi connectivity index (χ3v) is 5.90. The molecule has 0 saturated carbocycles. The summed E-state index contributed by atoms with van der Waals surface area (Å²) in [6.07, 6.45) is 4.55. The maximum atomic E-state index is 13.7. The van der Waals surface area contributed by atoms with Gasteiger partial charge in [0.05, 0.1) is 39.2 Å². The monoisotopic (exact) mass is 498 g/mol. The number of nitriles is 1. The van der Waals surface area contributed by atoms with Crippen molar-refractivity contribution >= 4 is 39.6 Å². The molecular formula is C27H17ClF2N6. The van der Waals surface area contributed by atoms with Crippen LogP contribution in [0.1, 0.15) is 22.9 Å². The molecule has 3 aromatic carbocycles. The second-order valence-electron chi connectivity index (χ2n) is 7.88. The van der Waals surface area contributed by atoms with Crippen LogP contribution in [-0.4, -0.2) is 15.0 Å². The van der Waals surface area contributed by atoms with Gasteiger partial charge in [0.2, 0.25) is 0 Å². The molecule has 0 aliphatic rings. The Morgan fingerprint density at radius 2 is 1.81 bits per heavy atom. The van der Waals surface area contributed by atoms with Gasteiger partial charge in [-0.05, 0) is 48.0 Å². The zero-order valence-electron chi connectivity index (χ0n) is 18.6. The molecule has 36 heavy (non-hydrogen) atoms. The highest BCUT2D eigenvalue weighted by Gasteiger charge is 2.19. The molecule has 2 aromatic heterocycles. The van der Waals surface area contributed by atoms with E-state index < -0.39 is 11.9 Å². The molecule has 0 aliphatic carbocycles. The number of hydrogen-bond donors (Lipinski definition) is 2. The Hall–Kier alpha value is -4.61. The largest absolute Gasteiger partial charge is 0.371 e. The molecule has 176 valence electrons. The van der Waals surface area contributed by atoms with E-state index >= 15 is 0 Å². The molecule has 1 atom stereocenters. The standard InChI is InChI=1S/C27H17ClF2N6/c28-21-12-19(8-9-22(21)30)35-25-17(13-31)14-33-27-20(25)2-1-3-24(27)36-26(23-10-11-32-15-34-23)16-4-6-18(29)7-5-16/h1-12,14-15,26,36H,(H,33,35). The van der Waals surface area contributed by atoms with E-state index in [1.54, 1.807) is 24.4 Å². The normalized spacial score (nSPS) is 11.6.